The van der Waals surface area contributed by atoms with Crippen molar-refractivity contribution >= 4 is 5.78 Å². The quantitative estimate of drug-likeness (QED) is 0.413. The maximum absolute atomic E-state index is 12.2. The number of aromatic nitrogens is 3. The molecule has 0 atom stereocenters. The van der Waals surface area contributed by atoms with Crippen LogP contribution < -0.4 is 9.42 Å². The fraction of sp³-hybridized carbons (Fsp3) is 0.111. The second kappa shape index (κ2) is 6.36. The van der Waals surface area contributed by atoms with Crippen LogP contribution in [0.15, 0.2) is 61.2 Å². The van der Waals surface area contributed by atoms with Crippen LogP contribution in [0.25, 0.3) is 5.69 Å². The molecule has 115 valence electrons. The molecule has 0 bridgehead atoms. The molecule has 0 saturated carbocycles. The number of hydrogen-bond acceptors (Lipinski definition) is 3. The Labute approximate surface area is 134 Å². The summed E-state index contributed by atoms with van der Waals surface area (Å²) in [6.07, 6.45) is 3.34. The number of rotatable bonds is 5. The summed E-state index contributed by atoms with van der Waals surface area (Å²) in [6, 6.07) is 14.9. The van der Waals surface area contributed by atoms with Crippen LogP contribution in [-0.4, -0.2) is 22.6 Å². The van der Waals surface area contributed by atoms with Gasteiger partial charge in [0.2, 0.25) is 6.33 Å². The minimum atomic E-state index is -0.244. The number of Topliss-reactive ketones (excluding diaryl/α,β-unsaturated/α-hetero) is 1. The van der Waals surface area contributed by atoms with Crippen molar-refractivity contribution in [2.24, 2.45) is 0 Å². The van der Waals surface area contributed by atoms with E-state index < -0.39 is 0 Å². The normalized spacial score (nSPS) is 10.3. The molecule has 3 rings (SSSR count). The lowest BCUT2D eigenvalue weighted by atomic mass is 10.1. The zero-order chi connectivity index (χ0) is 16.2. The Bertz CT molecular complexity index is 805. The van der Waals surface area contributed by atoms with Crippen LogP contribution in [0, 0.1) is 13.5 Å². The molecular formula is C18H16N3O2. The van der Waals surface area contributed by atoms with Gasteiger partial charge < -0.3 is 9.53 Å². The molecule has 0 spiro atoms. The molecule has 1 radical (unpaired) electrons. The van der Waals surface area contributed by atoms with Crippen molar-refractivity contribution in [2.75, 3.05) is 7.11 Å². The maximum atomic E-state index is 12.2. The van der Waals surface area contributed by atoms with Crippen molar-refractivity contribution < 1.29 is 14.2 Å². The molecule has 0 aliphatic heterocycles. The van der Waals surface area contributed by atoms with E-state index in [0.29, 0.717) is 11.3 Å². The Balaban J connectivity index is 1.73. The molecule has 5 heteroatoms. The smallest absolute Gasteiger partial charge is 0.215 e. The van der Waals surface area contributed by atoms with Crippen LogP contribution in [0.5, 0.6) is 5.75 Å². The highest BCUT2D eigenvalue weighted by Gasteiger charge is 2.07. The van der Waals surface area contributed by atoms with Crippen LogP contribution >= 0.6 is 0 Å². The molecule has 23 heavy (non-hydrogen) atoms. The summed E-state index contributed by atoms with van der Waals surface area (Å²) >= 11 is 0. The Morgan fingerprint density at radius 2 is 1.83 bits per heavy atom. The number of aryl methyl sites for hydroxylation is 1. The Morgan fingerprint density at radius 1 is 1.13 bits per heavy atom. The van der Waals surface area contributed by atoms with Gasteiger partial charge >= 0.3 is 0 Å². The highest BCUT2D eigenvalue weighted by atomic mass is 16.5. The zero-order valence-corrected chi connectivity index (χ0v) is 12.9. The lowest BCUT2D eigenvalue weighted by molar-refractivity contribution is -0.684. The van der Waals surface area contributed by atoms with Gasteiger partial charge in [-0.3, -0.25) is 0 Å². The SMILES string of the molecule is COc1ccc(C(=O)[C-][n+]2cn(-c3ccc(C)cc3)cn2)cc1. The van der Waals surface area contributed by atoms with E-state index in [1.165, 1.54) is 10.2 Å². The van der Waals surface area contributed by atoms with Gasteiger partial charge in [-0.2, -0.15) is 0 Å². The third-order valence-corrected chi connectivity index (χ3v) is 3.43. The number of benzene rings is 2. The van der Waals surface area contributed by atoms with Crippen LogP contribution in [0.3, 0.4) is 0 Å². The molecule has 0 aliphatic carbocycles. The molecule has 0 saturated heterocycles. The van der Waals surface area contributed by atoms with Crippen LogP contribution in [0.4, 0.5) is 0 Å². The van der Waals surface area contributed by atoms with Gasteiger partial charge in [0.1, 0.15) is 17.2 Å². The number of carbonyl (C=O) groups is 1. The Morgan fingerprint density at radius 3 is 2.48 bits per heavy atom. The summed E-state index contributed by atoms with van der Waals surface area (Å²) in [5, 5.41) is 4.14. The van der Waals surface area contributed by atoms with E-state index in [2.05, 4.69) is 11.6 Å². The fourth-order valence-corrected chi connectivity index (χ4v) is 2.11. The van der Waals surface area contributed by atoms with E-state index in [9.17, 15) is 4.79 Å². The molecule has 0 N–H and O–H groups in total. The number of ketones is 1. The average molecular weight is 306 g/mol. The molecule has 1 aromatic heterocycles. The summed E-state index contributed by atoms with van der Waals surface area (Å²) in [6.45, 7) is 4.74. The first-order chi connectivity index (χ1) is 11.2. The largest absolute Gasteiger partial charge is 0.497 e. The Kier molecular flexibility index (Phi) is 4.10. The van der Waals surface area contributed by atoms with Crippen molar-refractivity contribution in [3.05, 3.63) is 78.9 Å². The predicted octanol–water partition coefficient (Wildman–Crippen LogP) is 2.25. The van der Waals surface area contributed by atoms with Gasteiger partial charge in [0, 0.05) is 0 Å². The van der Waals surface area contributed by atoms with Crippen molar-refractivity contribution in [3.8, 4) is 11.4 Å². The molecule has 2 aromatic carbocycles. The second-order valence-electron chi connectivity index (χ2n) is 5.10. The number of methoxy groups -OCH3 is 1. The molecule has 0 fully saturated rings. The molecule has 0 unspecified atom stereocenters. The van der Waals surface area contributed by atoms with E-state index in [4.69, 9.17) is 4.74 Å². The van der Waals surface area contributed by atoms with Crippen LogP contribution in [0.2, 0.25) is 0 Å². The fourth-order valence-electron chi connectivity index (χ4n) is 2.11. The lowest BCUT2D eigenvalue weighted by Crippen LogP contribution is -2.36. The van der Waals surface area contributed by atoms with Gasteiger partial charge in [0.05, 0.1) is 13.7 Å². The van der Waals surface area contributed by atoms with Gasteiger partial charge in [-0.15, -0.1) is 12.1 Å². The summed E-state index contributed by atoms with van der Waals surface area (Å²) < 4.78 is 8.28. The van der Waals surface area contributed by atoms with Gasteiger partial charge in [-0.25, -0.2) is 9.25 Å². The van der Waals surface area contributed by atoms with E-state index >= 15 is 0 Å². The summed E-state index contributed by atoms with van der Waals surface area (Å²) in [5.74, 6) is 0.463. The summed E-state index contributed by atoms with van der Waals surface area (Å²) in [7, 11) is 1.59. The van der Waals surface area contributed by atoms with Crippen molar-refractivity contribution in [3.63, 3.8) is 0 Å². The summed E-state index contributed by atoms with van der Waals surface area (Å²) in [5.41, 5.74) is 2.69. The van der Waals surface area contributed by atoms with Gasteiger partial charge in [0.15, 0.2) is 6.33 Å². The minimum Gasteiger partial charge on any atom is -0.497 e. The zero-order valence-electron chi connectivity index (χ0n) is 12.9. The topological polar surface area (TPSA) is 48.0 Å². The first-order valence-corrected chi connectivity index (χ1v) is 7.14. The van der Waals surface area contributed by atoms with Gasteiger partial charge in [-0.05, 0) is 31.2 Å². The average Bonchev–Trinajstić information content (AvgIpc) is 3.04. The van der Waals surface area contributed by atoms with Crippen LogP contribution in [-0.2, 0) is 0 Å². The van der Waals surface area contributed by atoms with Gasteiger partial charge in [0.25, 0.3) is 0 Å². The number of ether oxygens (including phenoxy) is 1. The predicted molar refractivity (Wildman–Crippen MR) is 84.5 cm³/mol. The molecular weight excluding hydrogens is 290 g/mol. The number of carbonyl (C=O) groups excluding carboxylic acids is 1. The first-order valence-electron chi connectivity index (χ1n) is 7.14. The molecule has 1 heterocycles. The van der Waals surface area contributed by atoms with Crippen molar-refractivity contribution in [1.82, 2.24) is 9.67 Å². The lowest BCUT2D eigenvalue weighted by Gasteiger charge is -2.06. The van der Waals surface area contributed by atoms with Gasteiger partial charge in [-0.1, -0.05) is 28.4 Å². The van der Waals surface area contributed by atoms with E-state index in [0.717, 1.165) is 5.69 Å². The maximum Gasteiger partial charge on any atom is 0.215 e. The van der Waals surface area contributed by atoms with Crippen LogP contribution in [0.1, 0.15) is 15.9 Å². The summed E-state index contributed by atoms with van der Waals surface area (Å²) in [4.78, 5) is 12.2. The Hall–Kier alpha value is -3.08. The second-order valence-corrected chi connectivity index (χ2v) is 5.10. The standard InChI is InChI=1S/C18H16N3O2/c1-14-3-7-16(8-4-14)20-12-19-21(13-20)11-18(22)15-5-9-17(23-2)10-6-15/h3-10,12-13H,1-2H3. The molecule has 5 nitrogen and oxygen atoms in total. The van der Waals surface area contributed by atoms with Crippen molar-refractivity contribution in [2.45, 2.75) is 6.92 Å². The van der Waals surface area contributed by atoms with E-state index in [-0.39, 0.29) is 5.78 Å². The molecule has 0 aliphatic rings. The molecule has 0 amide bonds. The minimum absolute atomic E-state index is 0.244. The third-order valence-electron chi connectivity index (χ3n) is 3.43. The highest BCUT2D eigenvalue weighted by molar-refractivity contribution is 6.01. The van der Waals surface area contributed by atoms with E-state index in [1.54, 1.807) is 44.0 Å². The molecule has 3 aromatic rings. The highest BCUT2D eigenvalue weighted by Crippen LogP contribution is 2.12. The van der Waals surface area contributed by atoms with E-state index in [1.807, 2.05) is 35.8 Å². The number of hydrogen-bond donors (Lipinski definition) is 0. The number of nitrogens with zero attached hydrogens (tertiary/aromatic N) is 3. The third kappa shape index (κ3) is 3.40. The first kappa shape index (κ1) is 14.8. The monoisotopic (exact) mass is 306 g/mol. The van der Waals surface area contributed by atoms with Crippen molar-refractivity contribution in [1.29, 1.82) is 0 Å².